The van der Waals surface area contributed by atoms with E-state index in [1.807, 2.05) is 18.2 Å². The van der Waals surface area contributed by atoms with Crippen molar-refractivity contribution in [3.8, 4) is 0 Å². The van der Waals surface area contributed by atoms with Gasteiger partial charge in [0.2, 0.25) is 0 Å². The number of hydrogen-bond donors (Lipinski definition) is 3. The summed E-state index contributed by atoms with van der Waals surface area (Å²) in [7, 11) is 1.79. The molecule has 136 valence electrons. The molecule has 0 saturated carbocycles. The Kier molecular flexibility index (Phi) is 7.07. The molecule has 0 amide bonds. The fourth-order valence-corrected chi connectivity index (χ4v) is 2.75. The third kappa shape index (κ3) is 6.63. The summed E-state index contributed by atoms with van der Waals surface area (Å²) in [5.74, 6) is 1.77. The number of guanidine groups is 1. The first-order chi connectivity index (χ1) is 12.0. The van der Waals surface area contributed by atoms with E-state index < -0.39 is 0 Å². The lowest BCUT2D eigenvalue weighted by atomic mass is 10.0. The Balaban J connectivity index is 1.76. The van der Waals surface area contributed by atoms with Gasteiger partial charge < -0.3 is 20.4 Å². The molecule has 1 unspecified atom stereocenters. The molecule has 2 aromatic rings. The largest absolute Gasteiger partial charge is 0.469 e. The summed E-state index contributed by atoms with van der Waals surface area (Å²) < 4.78 is 5.34. The lowest BCUT2D eigenvalue weighted by Crippen LogP contribution is -2.52. The van der Waals surface area contributed by atoms with Crippen LogP contribution in [0.5, 0.6) is 0 Å². The molecule has 0 radical (unpaired) electrons. The summed E-state index contributed by atoms with van der Waals surface area (Å²) in [6.07, 6.45) is 2.53. The predicted octanol–water partition coefficient (Wildman–Crippen LogP) is 3.12. The van der Waals surface area contributed by atoms with Crippen LogP contribution < -0.4 is 16.0 Å². The summed E-state index contributed by atoms with van der Waals surface area (Å²) in [4.78, 5) is 4.28. The van der Waals surface area contributed by atoms with Crippen molar-refractivity contribution in [1.82, 2.24) is 16.0 Å². The Labute approximate surface area is 150 Å². The number of rotatable bonds is 8. The second-order valence-corrected chi connectivity index (χ2v) is 6.84. The molecule has 2 rings (SSSR count). The van der Waals surface area contributed by atoms with E-state index in [4.69, 9.17) is 4.42 Å². The molecule has 0 fully saturated rings. The minimum atomic E-state index is -0.0755. The van der Waals surface area contributed by atoms with Crippen LogP contribution in [-0.4, -0.2) is 31.6 Å². The second kappa shape index (κ2) is 9.28. The van der Waals surface area contributed by atoms with Crippen molar-refractivity contribution >= 4 is 5.96 Å². The van der Waals surface area contributed by atoms with Gasteiger partial charge in [0, 0.05) is 38.1 Å². The Bertz CT molecular complexity index is 635. The molecule has 0 aliphatic carbocycles. The number of benzene rings is 1. The molecule has 1 atom stereocenters. The summed E-state index contributed by atoms with van der Waals surface area (Å²) >= 11 is 0. The van der Waals surface area contributed by atoms with Crippen LogP contribution in [0, 0.1) is 0 Å². The van der Waals surface area contributed by atoms with Gasteiger partial charge in [-0.3, -0.25) is 4.99 Å². The van der Waals surface area contributed by atoms with Gasteiger partial charge >= 0.3 is 0 Å². The third-order valence-electron chi connectivity index (χ3n) is 4.07. The van der Waals surface area contributed by atoms with Gasteiger partial charge in [0.25, 0.3) is 0 Å². The molecule has 1 aromatic heterocycles. The fraction of sp³-hybridized carbons (Fsp3) is 0.450. The third-order valence-corrected chi connectivity index (χ3v) is 4.07. The normalized spacial score (nSPS) is 13.5. The van der Waals surface area contributed by atoms with Crippen LogP contribution in [-0.2, 0) is 6.42 Å². The van der Waals surface area contributed by atoms with Gasteiger partial charge in [0.05, 0.1) is 6.26 Å². The van der Waals surface area contributed by atoms with Gasteiger partial charge in [0.1, 0.15) is 5.76 Å². The summed E-state index contributed by atoms with van der Waals surface area (Å²) in [6.45, 7) is 8.12. The van der Waals surface area contributed by atoms with Gasteiger partial charge in [0.15, 0.2) is 5.96 Å². The van der Waals surface area contributed by atoms with Gasteiger partial charge in [-0.2, -0.15) is 0 Å². The molecule has 3 N–H and O–H groups in total. The van der Waals surface area contributed by atoms with Crippen molar-refractivity contribution in [3.05, 3.63) is 60.1 Å². The van der Waals surface area contributed by atoms with E-state index in [-0.39, 0.29) is 11.6 Å². The molecule has 1 aromatic carbocycles. The number of furan rings is 1. The van der Waals surface area contributed by atoms with Crippen molar-refractivity contribution in [2.45, 2.75) is 38.8 Å². The maximum atomic E-state index is 5.34. The molecule has 5 heteroatoms. The Hall–Kier alpha value is -2.27. The highest BCUT2D eigenvalue weighted by Crippen LogP contribution is 2.15. The minimum absolute atomic E-state index is 0.0755. The standard InChI is InChI=1S/C20H30N4O/c1-16(17-9-6-5-7-10-17)24-20(2,3)15-23-19(21-4)22-13-12-18-11-8-14-25-18/h5-11,14,16,24H,12-13,15H2,1-4H3,(H2,21,22,23). The Morgan fingerprint density at radius 2 is 1.88 bits per heavy atom. The monoisotopic (exact) mass is 342 g/mol. The van der Waals surface area contributed by atoms with E-state index in [9.17, 15) is 0 Å². The van der Waals surface area contributed by atoms with Crippen LogP contribution in [0.3, 0.4) is 0 Å². The van der Waals surface area contributed by atoms with Crippen molar-refractivity contribution in [3.63, 3.8) is 0 Å². The van der Waals surface area contributed by atoms with E-state index in [0.717, 1.165) is 31.2 Å². The number of nitrogens with zero attached hydrogens (tertiary/aromatic N) is 1. The molecule has 0 bridgehead atoms. The maximum absolute atomic E-state index is 5.34. The number of aliphatic imine (C=N–C) groups is 1. The van der Waals surface area contributed by atoms with Crippen LogP contribution in [0.25, 0.3) is 0 Å². The lowest BCUT2D eigenvalue weighted by molar-refractivity contribution is 0.345. The van der Waals surface area contributed by atoms with Crippen LogP contribution in [0.1, 0.15) is 38.1 Å². The molecule has 0 spiro atoms. The SMILES string of the molecule is CN=C(NCCc1ccco1)NCC(C)(C)NC(C)c1ccccc1. The van der Waals surface area contributed by atoms with E-state index in [0.29, 0.717) is 0 Å². The van der Waals surface area contributed by atoms with Crippen molar-refractivity contribution in [2.24, 2.45) is 4.99 Å². The fourth-order valence-electron chi connectivity index (χ4n) is 2.75. The Morgan fingerprint density at radius 1 is 1.12 bits per heavy atom. The smallest absolute Gasteiger partial charge is 0.191 e. The topological polar surface area (TPSA) is 61.6 Å². The summed E-state index contributed by atoms with van der Waals surface area (Å²) in [6, 6.07) is 14.7. The van der Waals surface area contributed by atoms with Crippen LogP contribution in [0.15, 0.2) is 58.1 Å². The van der Waals surface area contributed by atoms with E-state index in [1.54, 1.807) is 13.3 Å². The molecular weight excluding hydrogens is 312 g/mol. The Morgan fingerprint density at radius 3 is 2.52 bits per heavy atom. The summed E-state index contributed by atoms with van der Waals surface area (Å²) in [5.41, 5.74) is 1.21. The van der Waals surface area contributed by atoms with E-state index in [2.05, 4.69) is 66.0 Å². The number of nitrogens with one attached hydrogen (secondary N) is 3. The first-order valence-corrected chi connectivity index (χ1v) is 8.80. The van der Waals surface area contributed by atoms with E-state index >= 15 is 0 Å². The van der Waals surface area contributed by atoms with Crippen molar-refractivity contribution < 1.29 is 4.42 Å². The molecule has 25 heavy (non-hydrogen) atoms. The first kappa shape index (κ1) is 19.1. The molecule has 0 aliphatic heterocycles. The zero-order valence-electron chi connectivity index (χ0n) is 15.7. The van der Waals surface area contributed by atoms with Crippen LogP contribution in [0.4, 0.5) is 0 Å². The van der Waals surface area contributed by atoms with Gasteiger partial charge in [-0.1, -0.05) is 30.3 Å². The van der Waals surface area contributed by atoms with Gasteiger partial charge in [-0.25, -0.2) is 0 Å². The molecular formula is C20H30N4O. The molecule has 0 aliphatic rings. The second-order valence-electron chi connectivity index (χ2n) is 6.84. The van der Waals surface area contributed by atoms with Gasteiger partial charge in [-0.05, 0) is 38.5 Å². The van der Waals surface area contributed by atoms with Crippen LogP contribution in [0.2, 0.25) is 0 Å². The average Bonchev–Trinajstić information content (AvgIpc) is 3.11. The molecule has 1 heterocycles. The highest BCUT2D eigenvalue weighted by atomic mass is 16.3. The average molecular weight is 342 g/mol. The zero-order chi connectivity index (χ0) is 18.1. The van der Waals surface area contributed by atoms with Crippen molar-refractivity contribution in [1.29, 1.82) is 0 Å². The minimum Gasteiger partial charge on any atom is -0.469 e. The van der Waals surface area contributed by atoms with Crippen molar-refractivity contribution in [2.75, 3.05) is 20.1 Å². The summed E-state index contributed by atoms with van der Waals surface area (Å²) in [5, 5.41) is 10.4. The van der Waals surface area contributed by atoms with E-state index in [1.165, 1.54) is 5.56 Å². The molecule has 0 saturated heterocycles. The van der Waals surface area contributed by atoms with Crippen LogP contribution >= 0.6 is 0 Å². The maximum Gasteiger partial charge on any atom is 0.191 e. The quantitative estimate of drug-likeness (QED) is 0.509. The predicted molar refractivity (Wildman–Crippen MR) is 104 cm³/mol. The first-order valence-electron chi connectivity index (χ1n) is 8.80. The highest BCUT2D eigenvalue weighted by Gasteiger charge is 2.21. The molecule has 5 nitrogen and oxygen atoms in total. The number of hydrogen-bond acceptors (Lipinski definition) is 3. The lowest BCUT2D eigenvalue weighted by Gasteiger charge is -2.31. The zero-order valence-corrected chi connectivity index (χ0v) is 15.7. The highest BCUT2D eigenvalue weighted by molar-refractivity contribution is 5.79. The van der Waals surface area contributed by atoms with Gasteiger partial charge in [-0.15, -0.1) is 0 Å².